The summed E-state index contributed by atoms with van der Waals surface area (Å²) < 4.78 is 48.6. The Labute approximate surface area is 180 Å². The van der Waals surface area contributed by atoms with E-state index in [1.807, 2.05) is 18.2 Å². The second-order valence-electron chi connectivity index (χ2n) is 8.06. The van der Waals surface area contributed by atoms with Crippen LogP contribution in [0.2, 0.25) is 0 Å². The van der Waals surface area contributed by atoms with E-state index in [1.54, 1.807) is 16.8 Å². The van der Waals surface area contributed by atoms with Crippen molar-refractivity contribution in [1.82, 2.24) is 29.5 Å². The number of amides is 1. The van der Waals surface area contributed by atoms with Crippen LogP contribution in [-0.4, -0.2) is 41.9 Å². The molecule has 0 radical (unpaired) electrons. The second kappa shape index (κ2) is 7.21. The van der Waals surface area contributed by atoms with Gasteiger partial charge in [0, 0.05) is 24.9 Å². The third-order valence-corrected chi connectivity index (χ3v) is 5.42. The van der Waals surface area contributed by atoms with Gasteiger partial charge in [-0.3, -0.25) is 4.79 Å². The standard InChI is InChI=1S/C21H19F3N6O2/c1-21(2,24)20-27-15(18(22)23)17(32-20)19(31)29-8-6-12-14(26-10-25-12)16(29)13-9-11-5-3-4-7-30(11)28-13/h3-5,7,9-10,16,18H,6,8H2,1-2H3,(H,25,26). The fourth-order valence-electron chi connectivity index (χ4n) is 3.90. The number of imidazole rings is 1. The molecule has 0 aromatic carbocycles. The van der Waals surface area contributed by atoms with Gasteiger partial charge in [-0.15, -0.1) is 0 Å². The van der Waals surface area contributed by atoms with Crippen molar-refractivity contribution in [2.45, 2.75) is 38.4 Å². The van der Waals surface area contributed by atoms with Crippen molar-refractivity contribution in [2.24, 2.45) is 0 Å². The number of alkyl halides is 3. The Balaban J connectivity index is 1.62. The van der Waals surface area contributed by atoms with Crippen LogP contribution in [0.15, 0.2) is 41.2 Å². The van der Waals surface area contributed by atoms with Crippen molar-refractivity contribution in [2.75, 3.05) is 6.54 Å². The molecule has 5 rings (SSSR count). The highest BCUT2D eigenvalue weighted by atomic mass is 19.3. The first kappa shape index (κ1) is 20.3. The number of H-pyrrole nitrogens is 1. The summed E-state index contributed by atoms with van der Waals surface area (Å²) in [4.78, 5) is 25.8. The number of halogens is 3. The number of carbonyl (C=O) groups excluding carboxylic acids is 1. The van der Waals surface area contributed by atoms with E-state index in [0.717, 1.165) is 25.1 Å². The van der Waals surface area contributed by atoms with E-state index < -0.39 is 41.4 Å². The molecule has 0 saturated carbocycles. The summed E-state index contributed by atoms with van der Waals surface area (Å²) in [5.41, 5.74) is -0.294. The smallest absolute Gasteiger partial charge is 0.292 e. The number of aromatic nitrogens is 5. The lowest BCUT2D eigenvalue weighted by atomic mass is 9.99. The lowest BCUT2D eigenvalue weighted by molar-refractivity contribution is 0.0630. The van der Waals surface area contributed by atoms with Gasteiger partial charge < -0.3 is 14.3 Å². The molecule has 32 heavy (non-hydrogen) atoms. The summed E-state index contributed by atoms with van der Waals surface area (Å²) in [5, 5.41) is 4.56. The normalized spacial score (nSPS) is 16.7. The molecular formula is C21H19F3N6O2. The van der Waals surface area contributed by atoms with E-state index in [9.17, 15) is 18.0 Å². The van der Waals surface area contributed by atoms with E-state index in [0.29, 0.717) is 17.8 Å². The van der Waals surface area contributed by atoms with E-state index in [2.05, 4.69) is 20.1 Å². The Morgan fingerprint density at radius 1 is 1.34 bits per heavy atom. The number of oxazole rings is 1. The molecule has 4 aromatic heterocycles. The minimum Gasteiger partial charge on any atom is -0.431 e. The number of aromatic amines is 1. The first-order chi connectivity index (χ1) is 15.2. The molecule has 1 atom stereocenters. The number of nitrogens with zero attached hydrogens (tertiary/aromatic N) is 5. The molecule has 0 bridgehead atoms. The van der Waals surface area contributed by atoms with Crippen molar-refractivity contribution in [3.8, 4) is 0 Å². The molecule has 0 aliphatic carbocycles. The van der Waals surface area contributed by atoms with Crippen LogP contribution in [0.3, 0.4) is 0 Å². The van der Waals surface area contributed by atoms with E-state index >= 15 is 0 Å². The zero-order valence-electron chi connectivity index (χ0n) is 17.2. The van der Waals surface area contributed by atoms with E-state index in [4.69, 9.17) is 4.42 Å². The Hall–Kier alpha value is -3.63. The largest absolute Gasteiger partial charge is 0.431 e. The Morgan fingerprint density at radius 2 is 2.16 bits per heavy atom. The molecule has 0 saturated heterocycles. The van der Waals surface area contributed by atoms with Crippen LogP contribution in [0.4, 0.5) is 13.2 Å². The third kappa shape index (κ3) is 3.24. The van der Waals surface area contributed by atoms with Gasteiger partial charge in [0.2, 0.25) is 11.7 Å². The van der Waals surface area contributed by atoms with Crippen LogP contribution >= 0.6 is 0 Å². The third-order valence-electron chi connectivity index (χ3n) is 5.42. The van der Waals surface area contributed by atoms with Crippen molar-refractivity contribution < 1.29 is 22.4 Å². The molecule has 166 valence electrons. The van der Waals surface area contributed by atoms with Gasteiger partial charge in [0.25, 0.3) is 12.3 Å². The van der Waals surface area contributed by atoms with E-state index in [1.165, 1.54) is 11.2 Å². The van der Waals surface area contributed by atoms with Gasteiger partial charge in [0.05, 0.1) is 23.2 Å². The predicted octanol–water partition coefficient (Wildman–Crippen LogP) is 3.98. The maximum atomic E-state index is 14.3. The summed E-state index contributed by atoms with van der Waals surface area (Å²) in [6.07, 6.45) is 0.614. The summed E-state index contributed by atoms with van der Waals surface area (Å²) >= 11 is 0. The number of pyridine rings is 1. The lowest BCUT2D eigenvalue weighted by Gasteiger charge is -2.33. The fourth-order valence-corrected chi connectivity index (χ4v) is 3.90. The molecule has 1 unspecified atom stereocenters. The fraction of sp³-hybridized carbons (Fsp3) is 0.333. The number of nitrogens with one attached hydrogen (secondary N) is 1. The molecule has 1 N–H and O–H groups in total. The summed E-state index contributed by atoms with van der Waals surface area (Å²) in [7, 11) is 0. The van der Waals surface area contributed by atoms with Crippen LogP contribution in [0.25, 0.3) is 5.52 Å². The number of hydrogen-bond donors (Lipinski definition) is 1. The summed E-state index contributed by atoms with van der Waals surface area (Å²) in [5.74, 6) is -2.06. The average molecular weight is 444 g/mol. The zero-order valence-corrected chi connectivity index (χ0v) is 17.2. The molecule has 5 heterocycles. The van der Waals surface area contributed by atoms with Gasteiger partial charge >= 0.3 is 0 Å². The van der Waals surface area contributed by atoms with Crippen molar-refractivity contribution >= 4 is 11.4 Å². The minimum absolute atomic E-state index is 0.199. The Kier molecular flexibility index (Phi) is 4.57. The highest BCUT2D eigenvalue weighted by molar-refractivity contribution is 5.93. The van der Waals surface area contributed by atoms with Gasteiger partial charge in [-0.25, -0.2) is 27.7 Å². The van der Waals surface area contributed by atoms with Crippen LogP contribution in [0.5, 0.6) is 0 Å². The number of hydrogen-bond acceptors (Lipinski definition) is 5. The summed E-state index contributed by atoms with van der Waals surface area (Å²) in [6, 6.07) is 6.60. The van der Waals surface area contributed by atoms with Gasteiger partial charge in [-0.05, 0) is 32.0 Å². The van der Waals surface area contributed by atoms with Gasteiger partial charge in [0.15, 0.2) is 11.4 Å². The van der Waals surface area contributed by atoms with Crippen LogP contribution in [-0.2, 0) is 12.1 Å². The molecule has 0 spiro atoms. The zero-order chi connectivity index (χ0) is 22.6. The van der Waals surface area contributed by atoms with Gasteiger partial charge in [-0.2, -0.15) is 5.10 Å². The highest BCUT2D eigenvalue weighted by Crippen LogP contribution is 2.37. The predicted molar refractivity (Wildman–Crippen MR) is 106 cm³/mol. The molecule has 0 fully saturated rings. The summed E-state index contributed by atoms with van der Waals surface area (Å²) in [6.45, 7) is 2.45. The number of fused-ring (bicyclic) bond motifs is 2. The first-order valence-electron chi connectivity index (χ1n) is 9.99. The van der Waals surface area contributed by atoms with E-state index in [-0.39, 0.29) is 6.54 Å². The maximum Gasteiger partial charge on any atom is 0.292 e. The van der Waals surface area contributed by atoms with Crippen molar-refractivity contribution in [3.05, 3.63) is 71.2 Å². The number of rotatable bonds is 4. The monoisotopic (exact) mass is 444 g/mol. The van der Waals surface area contributed by atoms with Crippen LogP contribution in [0.1, 0.15) is 65.5 Å². The molecule has 1 aliphatic heterocycles. The molecule has 11 heteroatoms. The molecule has 8 nitrogen and oxygen atoms in total. The van der Waals surface area contributed by atoms with Gasteiger partial charge in [-0.1, -0.05) is 6.07 Å². The quantitative estimate of drug-likeness (QED) is 0.514. The lowest BCUT2D eigenvalue weighted by Crippen LogP contribution is -2.41. The molecule has 1 amide bonds. The molecule has 1 aliphatic rings. The van der Waals surface area contributed by atoms with Crippen molar-refractivity contribution in [1.29, 1.82) is 0 Å². The molecular weight excluding hydrogens is 425 g/mol. The van der Waals surface area contributed by atoms with Crippen molar-refractivity contribution in [3.63, 3.8) is 0 Å². The highest BCUT2D eigenvalue weighted by Gasteiger charge is 2.41. The SMILES string of the molecule is CC(C)(F)c1nc(C(F)F)c(C(=O)N2CCc3[nH]cnc3C2c2cc3ccccn3n2)o1. The minimum atomic E-state index is -3.10. The first-order valence-corrected chi connectivity index (χ1v) is 9.99. The van der Waals surface area contributed by atoms with Crippen LogP contribution in [0, 0.1) is 0 Å². The second-order valence-corrected chi connectivity index (χ2v) is 8.06. The number of carbonyl (C=O) groups is 1. The average Bonchev–Trinajstić information content (AvgIpc) is 3.49. The molecule has 4 aromatic rings. The Morgan fingerprint density at radius 3 is 2.88 bits per heavy atom. The maximum absolute atomic E-state index is 14.3. The van der Waals surface area contributed by atoms with Gasteiger partial charge in [0.1, 0.15) is 6.04 Å². The Bertz CT molecular complexity index is 1270. The van der Waals surface area contributed by atoms with Crippen LogP contribution < -0.4 is 0 Å². The topological polar surface area (TPSA) is 92.3 Å².